The van der Waals surface area contributed by atoms with Crippen LogP contribution < -0.4 is 5.32 Å². The average Bonchev–Trinajstić information content (AvgIpc) is 2.72. The summed E-state index contributed by atoms with van der Waals surface area (Å²) in [5.74, 6) is 0.768. The molecule has 1 fully saturated rings. The highest BCUT2D eigenvalue weighted by molar-refractivity contribution is 4.76. The number of nitrogens with one attached hydrogen (secondary N) is 1. The standard InChI is InChI=1S/C13H28N2O/c1-4-7-14-12(2)5-8-15-9-6-13(10-15)11-16-3/h12-14H,4-11H2,1-3H3. The van der Waals surface area contributed by atoms with Gasteiger partial charge < -0.3 is 15.0 Å². The Bertz CT molecular complexity index is 175. The highest BCUT2D eigenvalue weighted by Gasteiger charge is 2.21. The van der Waals surface area contributed by atoms with Gasteiger partial charge in [0.2, 0.25) is 0 Å². The van der Waals surface area contributed by atoms with Gasteiger partial charge in [-0.2, -0.15) is 0 Å². The Morgan fingerprint density at radius 3 is 3.00 bits per heavy atom. The van der Waals surface area contributed by atoms with E-state index in [2.05, 4.69) is 24.1 Å². The minimum atomic E-state index is 0.654. The van der Waals surface area contributed by atoms with Gasteiger partial charge in [-0.25, -0.2) is 0 Å². The molecule has 1 aliphatic heterocycles. The number of nitrogens with zero attached hydrogens (tertiary/aromatic N) is 1. The van der Waals surface area contributed by atoms with Gasteiger partial charge in [-0.1, -0.05) is 6.92 Å². The van der Waals surface area contributed by atoms with Gasteiger partial charge in [0.25, 0.3) is 0 Å². The zero-order valence-electron chi connectivity index (χ0n) is 11.2. The molecule has 2 unspecified atom stereocenters. The van der Waals surface area contributed by atoms with E-state index < -0.39 is 0 Å². The molecule has 1 saturated heterocycles. The second-order valence-electron chi connectivity index (χ2n) is 5.05. The first-order valence-electron chi connectivity index (χ1n) is 6.71. The normalized spacial score (nSPS) is 23.8. The second-order valence-corrected chi connectivity index (χ2v) is 5.05. The number of hydrogen-bond acceptors (Lipinski definition) is 3. The minimum absolute atomic E-state index is 0.654. The maximum Gasteiger partial charge on any atom is 0.0503 e. The van der Waals surface area contributed by atoms with Gasteiger partial charge in [0.05, 0.1) is 6.61 Å². The molecule has 0 aromatic rings. The Morgan fingerprint density at radius 1 is 1.50 bits per heavy atom. The predicted octanol–water partition coefficient (Wildman–Crippen LogP) is 1.73. The molecule has 1 N–H and O–H groups in total. The molecule has 0 bridgehead atoms. The molecule has 2 atom stereocenters. The van der Waals surface area contributed by atoms with Gasteiger partial charge in [-0.15, -0.1) is 0 Å². The molecule has 3 heteroatoms. The third-order valence-electron chi connectivity index (χ3n) is 3.39. The molecule has 0 saturated carbocycles. The molecule has 0 spiro atoms. The van der Waals surface area contributed by atoms with Crippen molar-refractivity contribution in [3.8, 4) is 0 Å². The molecule has 0 amide bonds. The van der Waals surface area contributed by atoms with Crippen LogP contribution in [0.2, 0.25) is 0 Å². The maximum atomic E-state index is 5.21. The van der Waals surface area contributed by atoms with E-state index >= 15 is 0 Å². The lowest BCUT2D eigenvalue weighted by molar-refractivity contribution is 0.153. The molecule has 0 aliphatic carbocycles. The van der Waals surface area contributed by atoms with Crippen molar-refractivity contribution in [2.45, 2.75) is 39.2 Å². The van der Waals surface area contributed by atoms with Gasteiger partial charge in [0.15, 0.2) is 0 Å². The van der Waals surface area contributed by atoms with Crippen molar-refractivity contribution < 1.29 is 4.74 Å². The Hall–Kier alpha value is -0.120. The van der Waals surface area contributed by atoms with Crippen LogP contribution in [0.4, 0.5) is 0 Å². The molecular weight excluding hydrogens is 200 g/mol. The first kappa shape index (κ1) is 13.9. The lowest BCUT2D eigenvalue weighted by Crippen LogP contribution is -2.32. The van der Waals surface area contributed by atoms with Crippen LogP contribution in [0, 0.1) is 5.92 Å². The molecule has 0 aromatic heterocycles. The van der Waals surface area contributed by atoms with Crippen LogP contribution in [0.25, 0.3) is 0 Å². The summed E-state index contributed by atoms with van der Waals surface area (Å²) >= 11 is 0. The summed E-state index contributed by atoms with van der Waals surface area (Å²) < 4.78 is 5.21. The topological polar surface area (TPSA) is 24.5 Å². The molecule has 16 heavy (non-hydrogen) atoms. The zero-order valence-corrected chi connectivity index (χ0v) is 11.2. The second kappa shape index (κ2) is 8.04. The van der Waals surface area contributed by atoms with E-state index in [0.717, 1.165) is 19.1 Å². The molecule has 0 aromatic carbocycles. The van der Waals surface area contributed by atoms with Gasteiger partial charge in [-0.3, -0.25) is 0 Å². The number of hydrogen-bond donors (Lipinski definition) is 1. The van der Waals surface area contributed by atoms with E-state index in [1.54, 1.807) is 7.11 Å². The smallest absolute Gasteiger partial charge is 0.0503 e. The fraction of sp³-hybridized carbons (Fsp3) is 1.00. The monoisotopic (exact) mass is 228 g/mol. The Kier molecular flexibility index (Phi) is 7.01. The molecule has 1 rings (SSSR count). The van der Waals surface area contributed by atoms with Crippen molar-refractivity contribution >= 4 is 0 Å². The quantitative estimate of drug-likeness (QED) is 0.685. The molecule has 1 heterocycles. The molecule has 3 nitrogen and oxygen atoms in total. The van der Waals surface area contributed by atoms with Crippen molar-refractivity contribution in [1.82, 2.24) is 10.2 Å². The highest BCUT2D eigenvalue weighted by Crippen LogP contribution is 2.16. The summed E-state index contributed by atoms with van der Waals surface area (Å²) in [6.45, 7) is 10.3. The van der Waals surface area contributed by atoms with Gasteiger partial charge in [0.1, 0.15) is 0 Å². The summed E-state index contributed by atoms with van der Waals surface area (Å²) in [4.78, 5) is 2.58. The summed E-state index contributed by atoms with van der Waals surface area (Å²) in [5, 5.41) is 3.54. The van der Waals surface area contributed by atoms with E-state index in [9.17, 15) is 0 Å². The van der Waals surface area contributed by atoms with Gasteiger partial charge in [0, 0.05) is 19.7 Å². The van der Waals surface area contributed by atoms with Crippen LogP contribution in [-0.2, 0) is 4.74 Å². The number of likely N-dealkylation sites (tertiary alicyclic amines) is 1. The highest BCUT2D eigenvalue weighted by atomic mass is 16.5. The van der Waals surface area contributed by atoms with E-state index in [1.165, 1.54) is 38.9 Å². The van der Waals surface area contributed by atoms with Crippen molar-refractivity contribution in [2.24, 2.45) is 5.92 Å². The van der Waals surface area contributed by atoms with Crippen LogP contribution in [0.3, 0.4) is 0 Å². The van der Waals surface area contributed by atoms with Crippen molar-refractivity contribution in [3.63, 3.8) is 0 Å². The first-order chi connectivity index (χ1) is 7.76. The lowest BCUT2D eigenvalue weighted by Gasteiger charge is -2.19. The predicted molar refractivity (Wildman–Crippen MR) is 68.8 cm³/mol. The summed E-state index contributed by atoms with van der Waals surface area (Å²) in [6.07, 6.45) is 3.80. The molecule has 1 aliphatic rings. The molecule has 0 radical (unpaired) electrons. The zero-order chi connectivity index (χ0) is 11.8. The fourth-order valence-electron chi connectivity index (χ4n) is 2.36. The van der Waals surface area contributed by atoms with E-state index in [1.807, 2.05) is 0 Å². The van der Waals surface area contributed by atoms with Crippen LogP contribution in [0.5, 0.6) is 0 Å². The summed E-state index contributed by atoms with van der Waals surface area (Å²) in [5.41, 5.74) is 0. The third-order valence-corrected chi connectivity index (χ3v) is 3.39. The number of ether oxygens (including phenoxy) is 1. The van der Waals surface area contributed by atoms with Gasteiger partial charge >= 0.3 is 0 Å². The average molecular weight is 228 g/mol. The number of methoxy groups -OCH3 is 1. The Labute approximate surface area is 101 Å². The van der Waals surface area contributed by atoms with Crippen LogP contribution in [-0.4, -0.2) is 50.8 Å². The minimum Gasteiger partial charge on any atom is -0.384 e. The molecular formula is C13H28N2O. The first-order valence-corrected chi connectivity index (χ1v) is 6.71. The number of rotatable bonds is 8. The lowest BCUT2D eigenvalue weighted by atomic mass is 10.1. The largest absolute Gasteiger partial charge is 0.384 e. The van der Waals surface area contributed by atoms with Crippen molar-refractivity contribution in [1.29, 1.82) is 0 Å². The van der Waals surface area contributed by atoms with Crippen LogP contribution >= 0.6 is 0 Å². The van der Waals surface area contributed by atoms with E-state index in [0.29, 0.717) is 6.04 Å². The van der Waals surface area contributed by atoms with Gasteiger partial charge in [-0.05, 0) is 51.7 Å². The Balaban J connectivity index is 2.05. The maximum absolute atomic E-state index is 5.21. The van der Waals surface area contributed by atoms with Crippen LogP contribution in [0.15, 0.2) is 0 Å². The fourth-order valence-corrected chi connectivity index (χ4v) is 2.36. The Morgan fingerprint density at radius 2 is 2.31 bits per heavy atom. The SMILES string of the molecule is CCCNC(C)CCN1CCC(COC)C1. The summed E-state index contributed by atoms with van der Waals surface area (Å²) in [7, 11) is 1.80. The third kappa shape index (κ3) is 5.28. The van der Waals surface area contributed by atoms with Crippen LogP contribution in [0.1, 0.15) is 33.1 Å². The van der Waals surface area contributed by atoms with E-state index in [4.69, 9.17) is 4.74 Å². The van der Waals surface area contributed by atoms with Crippen molar-refractivity contribution in [2.75, 3.05) is 39.9 Å². The molecule has 96 valence electrons. The summed E-state index contributed by atoms with van der Waals surface area (Å²) in [6, 6.07) is 0.654. The van der Waals surface area contributed by atoms with Crippen molar-refractivity contribution in [3.05, 3.63) is 0 Å². The van der Waals surface area contributed by atoms with E-state index in [-0.39, 0.29) is 0 Å².